The number of halogens is 4. The summed E-state index contributed by atoms with van der Waals surface area (Å²) >= 11 is 0. The second-order valence-corrected chi connectivity index (χ2v) is 4.18. The van der Waals surface area contributed by atoms with E-state index in [4.69, 9.17) is 10.5 Å². The number of benzene rings is 1. The van der Waals surface area contributed by atoms with Crippen LogP contribution >= 0.6 is 12.4 Å². The highest BCUT2D eigenvalue weighted by molar-refractivity contribution is 5.85. The summed E-state index contributed by atoms with van der Waals surface area (Å²) in [7, 11) is 1.51. The van der Waals surface area contributed by atoms with Gasteiger partial charge >= 0.3 is 6.18 Å². The van der Waals surface area contributed by atoms with Gasteiger partial charge in [0.2, 0.25) is 0 Å². The van der Waals surface area contributed by atoms with E-state index in [0.29, 0.717) is 11.3 Å². The van der Waals surface area contributed by atoms with Gasteiger partial charge in [0, 0.05) is 6.20 Å². The maximum atomic E-state index is 12.9. The number of alkyl halides is 3. The third-order valence-corrected chi connectivity index (χ3v) is 2.91. The van der Waals surface area contributed by atoms with Gasteiger partial charge in [-0.15, -0.1) is 12.4 Å². The maximum Gasteiger partial charge on any atom is 0.418 e. The molecular weight excluding hydrogens is 305 g/mol. The lowest BCUT2D eigenvalue weighted by Gasteiger charge is -2.17. The van der Waals surface area contributed by atoms with Gasteiger partial charge in [0.05, 0.1) is 24.4 Å². The fourth-order valence-electron chi connectivity index (χ4n) is 1.87. The van der Waals surface area contributed by atoms with E-state index in [1.165, 1.54) is 19.4 Å². The second-order valence-electron chi connectivity index (χ2n) is 4.18. The van der Waals surface area contributed by atoms with E-state index in [2.05, 4.69) is 4.98 Å². The summed E-state index contributed by atoms with van der Waals surface area (Å²) in [5.74, 6) is 0.609. The highest BCUT2D eigenvalue weighted by atomic mass is 35.5. The number of methoxy groups -OCH3 is 1. The van der Waals surface area contributed by atoms with Gasteiger partial charge < -0.3 is 10.5 Å². The quantitative estimate of drug-likeness (QED) is 0.941. The van der Waals surface area contributed by atoms with E-state index in [0.717, 1.165) is 6.07 Å². The van der Waals surface area contributed by atoms with Crippen LogP contribution in [0.2, 0.25) is 0 Å². The fourth-order valence-corrected chi connectivity index (χ4v) is 1.87. The Bertz CT molecular complexity index is 588. The molecule has 21 heavy (non-hydrogen) atoms. The number of pyridine rings is 1. The molecule has 0 unspecified atom stereocenters. The largest absolute Gasteiger partial charge is 0.497 e. The first kappa shape index (κ1) is 17.3. The normalized spacial score (nSPS) is 12.4. The fraction of sp³-hybridized carbons (Fsp3) is 0.214. The molecule has 1 aromatic heterocycles. The summed E-state index contributed by atoms with van der Waals surface area (Å²) in [4.78, 5) is 3.79. The second kappa shape index (κ2) is 6.78. The van der Waals surface area contributed by atoms with Crippen LogP contribution in [0.3, 0.4) is 0 Å². The Kier molecular flexibility index (Phi) is 5.57. The number of rotatable bonds is 3. The first-order valence-electron chi connectivity index (χ1n) is 5.85. The molecule has 2 aromatic rings. The smallest absolute Gasteiger partial charge is 0.418 e. The molecule has 0 aliphatic rings. The zero-order valence-corrected chi connectivity index (χ0v) is 11.9. The molecule has 0 bridgehead atoms. The van der Waals surface area contributed by atoms with Gasteiger partial charge in [-0.25, -0.2) is 0 Å². The molecule has 3 nitrogen and oxygen atoms in total. The summed E-state index contributed by atoms with van der Waals surface area (Å²) in [6.45, 7) is 0. The third kappa shape index (κ3) is 3.86. The Labute approximate surface area is 126 Å². The van der Waals surface area contributed by atoms with Crippen LogP contribution in [0.15, 0.2) is 42.6 Å². The number of hydrogen-bond donors (Lipinski definition) is 1. The number of nitrogens with two attached hydrogens (primary N) is 1. The van der Waals surface area contributed by atoms with Crippen LogP contribution in [0.25, 0.3) is 0 Å². The lowest BCUT2D eigenvalue weighted by Crippen LogP contribution is -2.20. The van der Waals surface area contributed by atoms with E-state index in [9.17, 15) is 13.2 Å². The molecule has 114 valence electrons. The molecule has 0 aliphatic carbocycles. The van der Waals surface area contributed by atoms with Gasteiger partial charge in [0.15, 0.2) is 0 Å². The Morgan fingerprint density at radius 3 is 2.29 bits per heavy atom. The Morgan fingerprint density at radius 1 is 1.14 bits per heavy atom. The predicted octanol–water partition coefficient (Wildman–Crippen LogP) is 3.58. The van der Waals surface area contributed by atoms with Crippen molar-refractivity contribution in [2.75, 3.05) is 7.11 Å². The van der Waals surface area contributed by atoms with E-state index < -0.39 is 17.8 Å². The zero-order valence-electron chi connectivity index (χ0n) is 11.1. The van der Waals surface area contributed by atoms with Crippen LogP contribution in [0.1, 0.15) is 22.9 Å². The molecule has 0 radical (unpaired) electrons. The van der Waals surface area contributed by atoms with Crippen molar-refractivity contribution >= 4 is 12.4 Å². The molecule has 1 heterocycles. The predicted molar refractivity (Wildman–Crippen MR) is 75.5 cm³/mol. The topological polar surface area (TPSA) is 48.1 Å². The first-order valence-corrected chi connectivity index (χ1v) is 5.85. The minimum atomic E-state index is -4.48. The average Bonchev–Trinajstić information content (AvgIpc) is 2.46. The van der Waals surface area contributed by atoms with E-state index >= 15 is 0 Å². The number of aromatic nitrogens is 1. The minimum absolute atomic E-state index is 0. The summed E-state index contributed by atoms with van der Waals surface area (Å²) in [6.07, 6.45) is -3.18. The lowest BCUT2D eigenvalue weighted by molar-refractivity contribution is -0.138. The Balaban J connectivity index is 0.00000220. The van der Waals surface area contributed by atoms with Crippen LogP contribution in [-0.4, -0.2) is 12.1 Å². The third-order valence-electron chi connectivity index (χ3n) is 2.91. The van der Waals surface area contributed by atoms with Crippen LogP contribution < -0.4 is 10.5 Å². The van der Waals surface area contributed by atoms with E-state index in [-0.39, 0.29) is 18.1 Å². The molecule has 1 aromatic carbocycles. The van der Waals surface area contributed by atoms with Gasteiger partial charge in [0.1, 0.15) is 5.75 Å². The molecule has 0 aliphatic heterocycles. The molecule has 0 fully saturated rings. The van der Waals surface area contributed by atoms with Crippen LogP contribution in [0.5, 0.6) is 5.75 Å². The SMILES string of the molecule is COc1ccc([C@H](N)c2ncccc2C(F)(F)F)cc1.Cl. The molecule has 2 rings (SSSR count). The summed E-state index contributed by atoms with van der Waals surface area (Å²) in [6, 6.07) is 7.81. The Morgan fingerprint density at radius 2 is 1.76 bits per heavy atom. The van der Waals surface area contributed by atoms with Gasteiger partial charge in [-0.05, 0) is 29.8 Å². The highest BCUT2D eigenvalue weighted by Crippen LogP contribution is 2.34. The lowest BCUT2D eigenvalue weighted by atomic mass is 10.00. The number of hydrogen-bond acceptors (Lipinski definition) is 3. The van der Waals surface area contributed by atoms with Crippen molar-refractivity contribution in [3.05, 3.63) is 59.4 Å². The highest BCUT2D eigenvalue weighted by Gasteiger charge is 2.35. The molecular formula is C14H14ClF3N2O. The minimum Gasteiger partial charge on any atom is -0.497 e. The average molecular weight is 319 g/mol. The van der Waals surface area contributed by atoms with Crippen LogP contribution in [-0.2, 0) is 6.18 Å². The summed E-state index contributed by atoms with van der Waals surface area (Å²) < 4.78 is 43.8. The Hall–Kier alpha value is -1.79. The van der Waals surface area contributed by atoms with Crippen molar-refractivity contribution in [1.29, 1.82) is 0 Å². The molecule has 2 N–H and O–H groups in total. The zero-order chi connectivity index (χ0) is 14.8. The van der Waals surface area contributed by atoms with Gasteiger partial charge in [0.25, 0.3) is 0 Å². The van der Waals surface area contributed by atoms with E-state index in [1.54, 1.807) is 24.3 Å². The van der Waals surface area contributed by atoms with Crippen molar-refractivity contribution in [1.82, 2.24) is 4.98 Å². The summed E-state index contributed by atoms with van der Waals surface area (Å²) in [5.41, 5.74) is 5.43. The van der Waals surface area contributed by atoms with Crippen molar-refractivity contribution in [2.24, 2.45) is 5.73 Å². The molecule has 0 spiro atoms. The van der Waals surface area contributed by atoms with Crippen molar-refractivity contribution < 1.29 is 17.9 Å². The van der Waals surface area contributed by atoms with Crippen molar-refractivity contribution in [3.8, 4) is 5.75 Å². The monoisotopic (exact) mass is 318 g/mol. The standard InChI is InChI=1S/C14H13F3N2O.ClH/c1-20-10-6-4-9(5-7-10)12(18)13-11(14(15,16)17)3-2-8-19-13;/h2-8,12H,18H2,1H3;1H/t12-;/m0./s1. The first-order chi connectivity index (χ1) is 9.43. The summed E-state index contributed by atoms with van der Waals surface area (Å²) in [5, 5.41) is 0. The molecule has 0 saturated carbocycles. The number of nitrogens with zero attached hydrogens (tertiary/aromatic N) is 1. The molecule has 7 heteroatoms. The molecule has 0 saturated heterocycles. The van der Waals surface area contributed by atoms with Gasteiger partial charge in [-0.2, -0.15) is 13.2 Å². The van der Waals surface area contributed by atoms with Gasteiger partial charge in [-0.3, -0.25) is 4.98 Å². The van der Waals surface area contributed by atoms with E-state index in [1.807, 2.05) is 0 Å². The number of ether oxygens (including phenoxy) is 1. The van der Waals surface area contributed by atoms with Gasteiger partial charge in [-0.1, -0.05) is 12.1 Å². The molecule has 1 atom stereocenters. The maximum absolute atomic E-state index is 12.9. The van der Waals surface area contributed by atoms with Crippen molar-refractivity contribution in [2.45, 2.75) is 12.2 Å². The van der Waals surface area contributed by atoms with Crippen molar-refractivity contribution in [3.63, 3.8) is 0 Å². The van der Waals surface area contributed by atoms with Crippen LogP contribution in [0, 0.1) is 0 Å². The van der Waals surface area contributed by atoms with Crippen LogP contribution in [0.4, 0.5) is 13.2 Å². The molecule has 0 amide bonds.